The van der Waals surface area contributed by atoms with Crippen LogP contribution in [0.1, 0.15) is 5.76 Å². The Morgan fingerprint density at radius 1 is 1.31 bits per heavy atom. The fourth-order valence-electron chi connectivity index (χ4n) is 1.24. The van der Waals surface area contributed by atoms with Crippen molar-refractivity contribution in [1.29, 1.82) is 0 Å². The summed E-state index contributed by atoms with van der Waals surface area (Å²) in [7, 11) is 0. The Bertz CT molecular complexity index is 500. The van der Waals surface area contributed by atoms with Crippen molar-refractivity contribution < 1.29 is 8.81 Å². The lowest BCUT2D eigenvalue weighted by Gasteiger charge is -2.04. The van der Waals surface area contributed by atoms with Gasteiger partial charge in [0.15, 0.2) is 3.77 Å². The molecule has 0 saturated heterocycles. The molecule has 0 aliphatic rings. The summed E-state index contributed by atoms with van der Waals surface area (Å²) in [6.45, 7) is 0.546. The molecule has 2 nitrogen and oxygen atoms in total. The standard InChI is InChI=1S/C11H8BrFINO/c12-9-3-1-7(5-10(9)13)15-6-8-2-4-11(14)16-8/h1-5,15H,6H2. The highest BCUT2D eigenvalue weighted by molar-refractivity contribution is 14.1. The minimum Gasteiger partial charge on any atom is -0.454 e. The van der Waals surface area contributed by atoms with E-state index < -0.39 is 0 Å². The van der Waals surface area contributed by atoms with Crippen LogP contribution < -0.4 is 5.32 Å². The molecule has 2 aromatic rings. The molecule has 1 aromatic heterocycles. The number of rotatable bonds is 3. The maximum Gasteiger partial charge on any atom is 0.164 e. The lowest BCUT2D eigenvalue weighted by Crippen LogP contribution is -1.98. The smallest absolute Gasteiger partial charge is 0.164 e. The van der Waals surface area contributed by atoms with Crippen molar-refractivity contribution in [2.24, 2.45) is 0 Å². The fourth-order valence-corrected chi connectivity index (χ4v) is 1.95. The van der Waals surface area contributed by atoms with E-state index >= 15 is 0 Å². The normalized spacial score (nSPS) is 10.4. The van der Waals surface area contributed by atoms with E-state index in [1.807, 2.05) is 12.1 Å². The van der Waals surface area contributed by atoms with Gasteiger partial charge in [0.1, 0.15) is 11.6 Å². The van der Waals surface area contributed by atoms with Gasteiger partial charge in [0.2, 0.25) is 0 Å². The molecule has 0 bridgehead atoms. The van der Waals surface area contributed by atoms with Crippen molar-refractivity contribution in [1.82, 2.24) is 0 Å². The van der Waals surface area contributed by atoms with Crippen molar-refractivity contribution in [2.45, 2.75) is 6.54 Å². The number of furan rings is 1. The van der Waals surface area contributed by atoms with Crippen molar-refractivity contribution >= 4 is 44.2 Å². The van der Waals surface area contributed by atoms with Gasteiger partial charge in [0.05, 0.1) is 11.0 Å². The molecule has 0 aliphatic heterocycles. The second-order valence-corrected chi connectivity index (χ2v) is 5.11. The zero-order valence-electron chi connectivity index (χ0n) is 8.14. The van der Waals surface area contributed by atoms with Gasteiger partial charge in [0.25, 0.3) is 0 Å². The third-order valence-corrected chi connectivity index (χ3v) is 3.24. The van der Waals surface area contributed by atoms with Crippen LogP contribution in [0.15, 0.2) is 39.2 Å². The first-order valence-electron chi connectivity index (χ1n) is 4.58. The third-order valence-electron chi connectivity index (χ3n) is 2.02. The lowest BCUT2D eigenvalue weighted by molar-refractivity contribution is 0.492. The zero-order chi connectivity index (χ0) is 11.5. The van der Waals surface area contributed by atoms with E-state index in [4.69, 9.17) is 4.42 Å². The predicted octanol–water partition coefficient (Wildman–Crippen LogP) is 4.40. The third kappa shape index (κ3) is 2.98. The summed E-state index contributed by atoms with van der Waals surface area (Å²) in [6.07, 6.45) is 0. The van der Waals surface area contributed by atoms with E-state index in [0.29, 0.717) is 11.0 Å². The summed E-state index contributed by atoms with van der Waals surface area (Å²) in [5.41, 5.74) is 0.729. The Kier molecular flexibility index (Phi) is 3.86. The van der Waals surface area contributed by atoms with Crippen LogP contribution in [0.25, 0.3) is 0 Å². The highest BCUT2D eigenvalue weighted by atomic mass is 127. The van der Waals surface area contributed by atoms with Crippen LogP contribution in [-0.2, 0) is 6.54 Å². The quantitative estimate of drug-likeness (QED) is 0.779. The molecule has 1 aromatic carbocycles. The predicted molar refractivity (Wildman–Crippen MR) is 72.9 cm³/mol. The van der Waals surface area contributed by atoms with Gasteiger partial charge in [-0.15, -0.1) is 0 Å². The summed E-state index contributed by atoms with van der Waals surface area (Å²) in [6, 6.07) is 8.70. The molecule has 2 rings (SSSR count). The van der Waals surface area contributed by atoms with E-state index in [1.165, 1.54) is 6.07 Å². The number of hydrogen-bond acceptors (Lipinski definition) is 2. The molecule has 0 radical (unpaired) electrons. The van der Waals surface area contributed by atoms with Gasteiger partial charge >= 0.3 is 0 Å². The van der Waals surface area contributed by atoms with E-state index in [2.05, 4.69) is 43.8 Å². The molecule has 0 amide bonds. The van der Waals surface area contributed by atoms with E-state index in [1.54, 1.807) is 12.1 Å². The number of halogens is 3. The summed E-state index contributed by atoms with van der Waals surface area (Å²) in [5, 5.41) is 3.08. The van der Waals surface area contributed by atoms with Crippen LogP contribution in [0, 0.1) is 9.58 Å². The average Bonchev–Trinajstić information content (AvgIpc) is 2.66. The first kappa shape index (κ1) is 11.9. The molecular weight excluding hydrogens is 388 g/mol. The largest absolute Gasteiger partial charge is 0.454 e. The van der Waals surface area contributed by atoms with E-state index in [-0.39, 0.29) is 5.82 Å². The first-order valence-corrected chi connectivity index (χ1v) is 6.45. The monoisotopic (exact) mass is 395 g/mol. The van der Waals surface area contributed by atoms with Crippen molar-refractivity contribution in [2.75, 3.05) is 5.32 Å². The molecule has 1 N–H and O–H groups in total. The van der Waals surface area contributed by atoms with Crippen molar-refractivity contribution in [3.05, 3.63) is 50.1 Å². The topological polar surface area (TPSA) is 25.2 Å². The molecule has 0 spiro atoms. The maximum absolute atomic E-state index is 13.2. The number of hydrogen-bond donors (Lipinski definition) is 1. The Morgan fingerprint density at radius 3 is 2.75 bits per heavy atom. The van der Waals surface area contributed by atoms with Gasteiger partial charge < -0.3 is 9.73 Å². The minimum atomic E-state index is -0.279. The summed E-state index contributed by atoms with van der Waals surface area (Å²) < 4.78 is 19.9. The van der Waals surface area contributed by atoms with Crippen molar-refractivity contribution in [3.8, 4) is 0 Å². The van der Waals surface area contributed by atoms with Gasteiger partial charge in [-0.3, -0.25) is 0 Å². The molecule has 16 heavy (non-hydrogen) atoms. The van der Waals surface area contributed by atoms with Gasteiger partial charge in [0, 0.05) is 5.69 Å². The summed E-state index contributed by atoms with van der Waals surface area (Å²) >= 11 is 5.21. The molecule has 0 atom stereocenters. The molecular formula is C11H8BrFINO. The number of anilines is 1. The Labute approximate surface area is 114 Å². The van der Waals surface area contributed by atoms with Crippen LogP contribution in [-0.4, -0.2) is 0 Å². The van der Waals surface area contributed by atoms with Crippen LogP contribution in [0.4, 0.5) is 10.1 Å². The molecule has 0 saturated carbocycles. The average molecular weight is 396 g/mol. The second kappa shape index (κ2) is 5.18. The lowest BCUT2D eigenvalue weighted by atomic mass is 10.3. The molecule has 0 aliphatic carbocycles. The van der Waals surface area contributed by atoms with Gasteiger partial charge in [-0.1, -0.05) is 0 Å². The highest BCUT2D eigenvalue weighted by Crippen LogP contribution is 2.20. The Balaban J connectivity index is 2.02. The minimum absolute atomic E-state index is 0.279. The zero-order valence-corrected chi connectivity index (χ0v) is 11.9. The molecule has 0 fully saturated rings. The Hall–Kier alpha value is -0.560. The molecule has 0 unspecified atom stereocenters. The van der Waals surface area contributed by atoms with Crippen LogP contribution >= 0.6 is 38.5 Å². The van der Waals surface area contributed by atoms with Gasteiger partial charge in [-0.25, -0.2) is 4.39 Å². The van der Waals surface area contributed by atoms with Crippen LogP contribution in [0.3, 0.4) is 0 Å². The maximum atomic E-state index is 13.2. The van der Waals surface area contributed by atoms with E-state index in [0.717, 1.165) is 15.2 Å². The Morgan fingerprint density at radius 2 is 2.12 bits per heavy atom. The first-order chi connectivity index (χ1) is 7.65. The number of benzene rings is 1. The summed E-state index contributed by atoms with van der Waals surface area (Å²) in [4.78, 5) is 0. The summed E-state index contributed by atoms with van der Waals surface area (Å²) in [5.74, 6) is 0.548. The number of nitrogens with one attached hydrogen (secondary N) is 1. The van der Waals surface area contributed by atoms with Crippen LogP contribution in [0.5, 0.6) is 0 Å². The van der Waals surface area contributed by atoms with Gasteiger partial charge in [-0.2, -0.15) is 0 Å². The molecule has 84 valence electrons. The van der Waals surface area contributed by atoms with E-state index in [9.17, 15) is 4.39 Å². The van der Waals surface area contributed by atoms with Crippen LogP contribution in [0.2, 0.25) is 0 Å². The van der Waals surface area contributed by atoms with Gasteiger partial charge in [-0.05, 0) is 68.9 Å². The molecule has 5 heteroatoms. The molecule has 1 heterocycles. The fraction of sp³-hybridized carbons (Fsp3) is 0.0909. The highest BCUT2D eigenvalue weighted by Gasteiger charge is 2.02. The van der Waals surface area contributed by atoms with Crippen molar-refractivity contribution in [3.63, 3.8) is 0 Å². The second-order valence-electron chi connectivity index (χ2n) is 3.19. The SMILES string of the molecule is Fc1cc(NCc2ccc(I)o2)ccc1Br.